The molecule has 4 rings (SSSR count). The first kappa shape index (κ1) is 27.6. The van der Waals surface area contributed by atoms with Gasteiger partial charge in [-0.15, -0.1) is 0 Å². The average molecular weight is 510 g/mol. The van der Waals surface area contributed by atoms with E-state index in [9.17, 15) is 19.2 Å². The molecule has 2 aromatic carbocycles. The van der Waals surface area contributed by atoms with Crippen molar-refractivity contribution < 1.29 is 38.9 Å². The summed E-state index contributed by atoms with van der Waals surface area (Å²) in [5.74, 6) is -3.59. The van der Waals surface area contributed by atoms with Gasteiger partial charge in [0, 0.05) is 37.1 Å². The zero-order chi connectivity index (χ0) is 26.8. The molecule has 37 heavy (non-hydrogen) atoms. The minimum absolute atomic E-state index is 0.0616. The lowest BCUT2D eigenvalue weighted by Gasteiger charge is -2.40. The van der Waals surface area contributed by atoms with E-state index in [0.29, 0.717) is 43.2 Å². The molecule has 0 radical (unpaired) electrons. The second kappa shape index (κ2) is 13.4. The summed E-state index contributed by atoms with van der Waals surface area (Å²) >= 11 is 0. The molecule has 0 saturated carbocycles. The number of fused-ring (bicyclic) bond motifs is 2. The molecule has 2 aromatic rings. The van der Waals surface area contributed by atoms with Gasteiger partial charge >= 0.3 is 23.9 Å². The van der Waals surface area contributed by atoms with Gasteiger partial charge in [0.2, 0.25) is 0 Å². The van der Waals surface area contributed by atoms with E-state index in [1.807, 2.05) is 48.5 Å². The largest absolute Gasteiger partial charge is 0.478 e. The van der Waals surface area contributed by atoms with E-state index in [-0.39, 0.29) is 18.0 Å². The van der Waals surface area contributed by atoms with E-state index < -0.39 is 24.0 Å². The number of hydrogen-bond donors (Lipinski definition) is 2. The van der Waals surface area contributed by atoms with Gasteiger partial charge in [-0.1, -0.05) is 48.5 Å². The van der Waals surface area contributed by atoms with Gasteiger partial charge in [-0.2, -0.15) is 0 Å². The Morgan fingerprint density at radius 3 is 2.11 bits per heavy atom. The van der Waals surface area contributed by atoms with E-state index in [1.54, 1.807) is 12.1 Å². The maximum Gasteiger partial charge on any atom is 0.338 e. The van der Waals surface area contributed by atoms with Crippen LogP contribution in [-0.4, -0.2) is 70.8 Å². The zero-order valence-corrected chi connectivity index (χ0v) is 20.6. The number of nitrogens with zero attached hydrogens (tertiary/aromatic N) is 1. The minimum Gasteiger partial charge on any atom is -0.478 e. The molecular weight excluding hydrogens is 478 g/mol. The highest BCUT2D eigenvalue weighted by atomic mass is 16.6. The fourth-order valence-electron chi connectivity index (χ4n) is 4.78. The van der Waals surface area contributed by atoms with E-state index in [2.05, 4.69) is 11.9 Å². The monoisotopic (exact) mass is 509 g/mol. The van der Waals surface area contributed by atoms with Crippen LogP contribution in [0.1, 0.15) is 35.2 Å². The quantitative estimate of drug-likeness (QED) is 0.407. The molecule has 0 spiro atoms. The second-order valence-electron chi connectivity index (χ2n) is 8.95. The summed E-state index contributed by atoms with van der Waals surface area (Å²) in [5, 5.41) is 15.6. The highest BCUT2D eigenvalue weighted by Crippen LogP contribution is 2.40. The number of esters is 2. The van der Waals surface area contributed by atoms with E-state index in [0.717, 1.165) is 18.4 Å². The van der Waals surface area contributed by atoms with Crippen molar-refractivity contribution >= 4 is 23.9 Å². The number of benzene rings is 2. The Morgan fingerprint density at radius 1 is 0.919 bits per heavy atom. The standard InChI is InChI=1S/C24H27NO4.C4H4O4/c1-25-19-12-13-20(25)22(24(27)28-15-14-17-8-4-2-5-9-17)21(16-19)29-23(26)18-10-6-3-7-11-18;5-3(6)1-2-4(7)8/h2-11,19-22H,12-16H2,1H3;1-2H,(H,5,6)(H,7,8)/b;2-1+/t19-,20?,21+,22?;/m1./s1. The molecule has 2 unspecified atom stereocenters. The third-order valence-electron chi connectivity index (χ3n) is 6.60. The predicted octanol–water partition coefficient (Wildman–Crippen LogP) is 3.19. The van der Waals surface area contributed by atoms with Crippen molar-refractivity contribution in [2.75, 3.05) is 13.7 Å². The van der Waals surface area contributed by atoms with Gasteiger partial charge in [0.1, 0.15) is 12.0 Å². The first-order chi connectivity index (χ1) is 17.8. The molecule has 2 N–H and O–H groups in total. The maximum atomic E-state index is 13.0. The summed E-state index contributed by atoms with van der Waals surface area (Å²) in [7, 11) is 2.06. The number of carbonyl (C=O) groups is 4. The normalized spacial score (nSPS) is 22.5. The fraction of sp³-hybridized carbons (Fsp3) is 0.357. The molecule has 2 saturated heterocycles. The van der Waals surface area contributed by atoms with Crippen molar-refractivity contribution in [1.82, 2.24) is 4.90 Å². The van der Waals surface area contributed by atoms with Gasteiger partial charge in [0.15, 0.2) is 0 Å². The average Bonchev–Trinajstić information content (AvgIpc) is 3.12. The molecule has 2 heterocycles. The van der Waals surface area contributed by atoms with Crippen molar-refractivity contribution in [3.63, 3.8) is 0 Å². The van der Waals surface area contributed by atoms with Crippen LogP contribution in [0.3, 0.4) is 0 Å². The molecule has 2 bridgehead atoms. The number of carbonyl (C=O) groups excluding carboxylic acids is 2. The molecule has 0 aliphatic carbocycles. The fourth-order valence-corrected chi connectivity index (χ4v) is 4.78. The highest BCUT2D eigenvalue weighted by molar-refractivity contribution is 5.90. The van der Waals surface area contributed by atoms with Crippen LogP contribution >= 0.6 is 0 Å². The minimum atomic E-state index is -1.26. The summed E-state index contributed by atoms with van der Waals surface area (Å²) in [4.78, 5) is 47.0. The molecule has 2 aliphatic heterocycles. The highest BCUT2D eigenvalue weighted by Gasteiger charge is 2.51. The zero-order valence-electron chi connectivity index (χ0n) is 20.6. The number of rotatable bonds is 8. The van der Waals surface area contributed by atoms with Crippen molar-refractivity contribution in [3.8, 4) is 0 Å². The number of aliphatic carboxylic acids is 2. The van der Waals surface area contributed by atoms with E-state index in [4.69, 9.17) is 19.7 Å². The summed E-state index contributed by atoms with van der Waals surface area (Å²) in [6, 6.07) is 19.3. The summed E-state index contributed by atoms with van der Waals surface area (Å²) < 4.78 is 11.5. The van der Waals surface area contributed by atoms with Crippen LogP contribution in [-0.2, 0) is 30.3 Å². The molecule has 9 nitrogen and oxygen atoms in total. The van der Waals surface area contributed by atoms with Crippen LogP contribution in [0.4, 0.5) is 0 Å². The van der Waals surface area contributed by atoms with Gasteiger partial charge in [-0.3, -0.25) is 9.69 Å². The summed E-state index contributed by atoms with van der Waals surface area (Å²) in [6.07, 6.45) is 3.97. The topological polar surface area (TPSA) is 130 Å². The van der Waals surface area contributed by atoms with Crippen LogP contribution in [0.2, 0.25) is 0 Å². The van der Waals surface area contributed by atoms with Crippen molar-refractivity contribution in [1.29, 1.82) is 0 Å². The molecule has 196 valence electrons. The second-order valence-corrected chi connectivity index (χ2v) is 8.95. The lowest BCUT2D eigenvalue weighted by atomic mass is 9.87. The van der Waals surface area contributed by atoms with Crippen molar-refractivity contribution in [2.24, 2.45) is 5.92 Å². The molecular formula is C28H31NO8. The van der Waals surface area contributed by atoms with Gasteiger partial charge in [0.05, 0.1) is 12.2 Å². The van der Waals surface area contributed by atoms with Crippen molar-refractivity contribution in [3.05, 3.63) is 83.9 Å². The Balaban J connectivity index is 0.000000414. The third kappa shape index (κ3) is 8.01. The van der Waals surface area contributed by atoms with Crippen LogP contribution in [0.25, 0.3) is 0 Å². The first-order valence-corrected chi connectivity index (χ1v) is 12.1. The first-order valence-electron chi connectivity index (χ1n) is 12.1. The smallest absolute Gasteiger partial charge is 0.338 e. The van der Waals surface area contributed by atoms with Crippen LogP contribution in [0.5, 0.6) is 0 Å². The van der Waals surface area contributed by atoms with Crippen LogP contribution in [0.15, 0.2) is 72.8 Å². The molecule has 0 aromatic heterocycles. The molecule has 2 aliphatic rings. The van der Waals surface area contributed by atoms with Crippen LogP contribution in [0, 0.1) is 5.92 Å². The molecule has 9 heteroatoms. The number of carboxylic acid groups (broad SMARTS) is 2. The van der Waals surface area contributed by atoms with Gasteiger partial charge in [-0.25, -0.2) is 14.4 Å². The lowest BCUT2D eigenvalue weighted by Crippen LogP contribution is -2.53. The van der Waals surface area contributed by atoms with Crippen molar-refractivity contribution in [2.45, 2.75) is 43.9 Å². The summed E-state index contributed by atoms with van der Waals surface area (Å²) in [6.45, 7) is 0.332. The van der Waals surface area contributed by atoms with Crippen LogP contribution < -0.4 is 0 Å². The number of ether oxygens (including phenoxy) is 2. The Kier molecular flexibility index (Phi) is 9.97. The SMILES string of the molecule is CN1C2CC[C@@H]1C[C@H](OC(=O)c1ccccc1)C2C(=O)OCCc1ccccc1.O=C(O)/C=C/C(=O)O. The maximum absolute atomic E-state index is 13.0. The Bertz CT molecular complexity index is 1090. The van der Waals surface area contributed by atoms with Gasteiger partial charge in [0.25, 0.3) is 0 Å². The van der Waals surface area contributed by atoms with E-state index >= 15 is 0 Å². The number of piperidine rings is 1. The van der Waals surface area contributed by atoms with Gasteiger partial charge < -0.3 is 19.7 Å². The number of carboxylic acids is 2. The molecule has 2 fully saturated rings. The van der Waals surface area contributed by atoms with Gasteiger partial charge in [-0.05, 0) is 37.6 Å². The third-order valence-corrected chi connectivity index (χ3v) is 6.60. The summed E-state index contributed by atoms with van der Waals surface area (Å²) in [5.41, 5.74) is 1.64. The molecule has 4 atom stereocenters. The number of hydrogen-bond acceptors (Lipinski definition) is 7. The van der Waals surface area contributed by atoms with E-state index in [1.165, 1.54) is 0 Å². The predicted molar refractivity (Wildman–Crippen MR) is 134 cm³/mol. The molecule has 0 amide bonds. The lowest BCUT2D eigenvalue weighted by molar-refractivity contribution is -0.159. The Morgan fingerprint density at radius 2 is 1.51 bits per heavy atom. The Hall–Kier alpha value is -3.98. The Labute approximate surface area is 215 Å².